The zero-order chi connectivity index (χ0) is 18.1. The van der Waals surface area contributed by atoms with Gasteiger partial charge >= 0.3 is 5.97 Å². The van der Waals surface area contributed by atoms with E-state index in [1.54, 1.807) is 0 Å². The molecule has 2 aliphatic rings. The van der Waals surface area contributed by atoms with Gasteiger partial charge in [0.25, 0.3) is 0 Å². The lowest BCUT2D eigenvalue weighted by Crippen LogP contribution is -2.47. The molecular formula is C21H39NO3. The summed E-state index contributed by atoms with van der Waals surface area (Å²) in [7, 11) is 0. The molecule has 146 valence electrons. The number of carbonyl (C=O) groups excluding carboxylic acids is 1. The van der Waals surface area contributed by atoms with E-state index in [0.717, 1.165) is 58.2 Å². The van der Waals surface area contributed by atoms with Gasteiger partial charge in [-0.25, -0.2) is 0 Å². The first-order valence-electron chi connectivity index (χ1n) is 10.7. The van der Waals surface area contributed by atoms with Crippen molar-refractivity contribution in [1.29, 1.82) is 0 Å². The maximum absolute atomic E-state index is 13.0. The minimum Gasteiger partial charge on any atom is -0.464 e. The average molecular weight is 354 g/mol. The summed E-state index contributed by atoms with van der Waals surface area (Å²) in [5.41, 5.74) is -0.842. The molecule has 0 saturated heterocycles. The number of ether oxygens (including phenoxy) is 1. The van der Waals surface area contributed by atoms with E-state index >= 15 is 0 Å². The van der Waals surface area contributed by atoms with Crippen molar-refractivity contribution in [2.24, 2.45) is 11.8 Å². The summed E-state index contributed by atoms with van der Waals surface area (Å²) >= 11 is 0. The maximum Gasteiger partial charge on any atom is 0.312 e. The van der Waals surface area contributed by atoms with Crippen LogP contribution in [0.1, 0.15) is 84.5 Å². The van der Waals surface area contributed by atoms with Crippen molar-refractivity contribution in [3.63, 3.8) is 0 Å². The molecule has 0 spiro atoms. The Hall–Kier alpha value is -0.610. The molecule has 0 aromatic rings. The van der Waals surface area contributed by atoms with Crippen LogP contribution in [0.25, 0.3) is 0 Å². The monoisotopic (exact) mass is 353 g/mol. The van der Waals surface area contributed by atoms with E-state index in [0.29, 0.717) is 12.5 Å². The van der Waals surface area contributed by atoms with Gasteiger partial charge in [0.05, 0.1) is 11.5 Å². The Morgan fingerprint density at radius 2 is 1.60 bits per heavy atom. The largest absolute Gasteiger partial charge is 0.464 e. The summed E-state index contributed by atoms with van der Waals surface area (Å²) < 4.78 is 5.71. The zero-order valence-corrected chi connectivity index (χ0v) is 16.5. The van der Waals surface area contributed by atoms with Crippen molar-refractivity contribution >= 4 is 5.97 Å². The number of esters is 1. The number of hydrogen-bond acceptors (Lipinski definition) is 4. The second kappa shape index (κ2) is 10.5. The standard InChI is InChI=1S/C21H39NO3/c1-3-22(4-2)16-17-25-20(23)19(18-12-8-7-9-13-18)21(24)14-10-5-6-11-15-21/h18-19,24H,3-17H2,1-2H3. The average Bonchev–Trinajstić information content (AvgIpc) is 2.85. The van der Waals surface area contributed by atoms with Gasteiger partial charge in [0.15, 0.2) is 0 Å². The zero-order valence-electron chi connectivity index (χ0n) is 16.5. The van der Waals surface area contributed by atoms with E-state index in [1.807, 2.05) is 0 Å². The van der Waals surface area contributed by atoms with Gasteiger partial charge in [0.1, 0.15) is 6.61 Å². The second-order valence-corrected chi connectivity index (χ2v) is 8.09. The van der Waals surface area contributed by atoms with Crippen molar-refractivity contribution in [2.45, 2.75) is 90.1 Å². The number of nitrogens with zero attached hydrogens (tertiary/aromatic N) is 1. The van der Waals surface area contributed by atoms with Gasteiger partial charge < -0.3 is 14.7 Å². The van der Waals surface area contributed by atoms with E-state index < -0.39 is 5.60 Å². The quantitative estimate of drug-likeness (QED) is 0.526. The fourth-order valence-corrected chi connectivity index (χ4v) is 4.87. The topological polar surface area (TPSA) is 49.8 Å². The Kier molecular flexibility index (Phi) is 8.71. The molecule has 2 rings (SSSR count). The lowest BCUT2D eigenvalue weighted by molar-refractivity contribution is -0.166. The molecule has 0 amide bonds. The van der Waals surface area contributed by atoms with Crippen LogP contribution in [-0.2, 0) is 9.53 Å². The van der Waals surface area contributed by atoms with Crippen LogP contribution >= 0.6 is 0 Å². The second-order valence-electron chi connectivity index (χ2n) is 8.09. The molecule has 0 heterocycles. The summed E-state index contributed by atoms with van der Waals surface area (Å²) in [6.45, 7) is 7.44. The van der Waals surface area contributed by atoms with Crippen LogP contribution in [-0.4, -0.2) is 47.8 Å². The molecular weight excluding hydrogens is 314 g/mol. The van der Waals surface area contributed by atoms with E-state index in [4.69, 9.17) is 4.74 Å². The molecule has 1 unspecified atom stereocenters. The van der Waals surface area contributed by atoms with Gasteiger partial charge in [-0.15, -0.1) is 0 Å². The number of rotatable bonds is 8. The van der Waals surface area contributed by atoms with Crippen molar-refractivity contribution in [3.8, 4) is 0 Å². The highest BCUT2D eigenvalue weighted by molar-refractivity contribution is 5.74. The molecule has 2 saturated carbocycles. The molecule has 25 heavy (non-hydrogen) atoms. The predicted molar refractivity (Wildman–Crippen MR) is 101 cm³/mol. The van der Waals surface area contributed by atoms with Gasteiger partial charge in [-0.2, -0.15) is 0 Å². The molecule has 0 radical (unpaired) electrons. The molecule has 0 bridgehead atoms. The number of carbonyl (C=O) groups is 1. The Morgan fingerprint density at radius 1 is 1.04 bits per heavy atom. The summed E-state index contributed by atoms with van der Waals surface area (Å²) in [4.78, 5) is 15.3. The number of aliphatic hydroxyl groups is 1. The molecule has 0 aromatic heterocycles. The van der Waals surface area contributed by atoms with Gasteiger partial charge in [0, 0.05) is 6.54 Å². The third-order valence-electron chi connectivity index (χ3n) is 6.47. The van der Waals surface area contributed by atoms with Crippen LogP contribution < -0.4 is 0 Å². The Bertz CT molecular complexity index is 381. The van der Waals surface area contributed by atoms with Gasteiger partial charge in [0.2, 0.25) is 0 Å². The minimum absolute atomic E-state index is 0.136. The van der Waals surface area contributed by atoms with E-state index in [-0.39, 0.29) is 11.9 Å². The van der Waals surface area contributed by atoms with E-state index in [9.17, 15) is 9.90 Å². The SMILES string of the molecule is CCN(CC)CCOC(=O)C(C1CCCCC1)C1(O)CCCCCC1. The highest BCUT2D eigenvalue weighted by Crippen LogP contribution is 2.42. The van der Waals surface area contributed by atoms with E-state index in [2.05, 4.69) is 18.7 Å². The number of hydrogen-bond donors (Lipinski definition) is 1. The Balaban J connectivity index is 2.03. The van der Waals surface area contributed by atoms with Crippen LogP contribution in [0.2, 0.25) is 0 Å². The highest BCUT2D eigenvalue weighted by Gasteiger charge is 2.46. The van der Waals surface area contributed by atoms with Crippen LogP contribution in [0.15, 0.2) is 0 Å². The van der Waals surface area contributed by atoms with Gasteiger partial charge in [-0.3, -0.25) is 4.79 Å². The van der Waals surface area contributed by atoms with Crippen molar-refractivity contribution in [1.82, 2.24) is 4.90 Å². The van der Waals surface area contributed by atoms with Crippen LogP contribution in [0.3, 0.4) is 0 Å². The third-order valence-corrected chi connectivity index (χ3v) is 6.47. The highest BCUT2D eigenvalue weighted by atomic mass is 16.5. The molecule has 4 nitrogen and oxygen atoms in total. The summed E-state index contributed by atoms with van der Waals surface area (Å²) in [6, 6.07) is 0. The Labute approximate surface area is 154 Å². The smallest absolute Gasteiger partial charge is 0.312 e. The van der Waals surface area contributed by atoms with E-state index in [1.165, 1.54) is 32.1 Å². The molecule has 0 aromatic carbocycles. The third kappa shape index (κ3) is 5.96. The fraction of sp³-hybridized carbons (Fsp3) is 0.952. The lowest BCUT2D eigenvalue weighted by atomic mass is 9.69. The van der Waals surface area contributed by atoms with Crippen LogP contribution in [0.4, 0.5) is 0 Å². The molecule has 1 N–H and O–H groups in total. The first kappa shape index (κ1) is 20.7. The molecule has 1 atom stereocenters. The van der Waals surface area contributed by atoms with Gasteiger partial charge in [-0.1, -0.05) is 58.8 Å². The Morgan fingerprint density at radius 3 is 2.16 bits per heavy atom. The fourth-order valence-electron chi connectivity index (χ4n) is 4.87. The molecule has 0 aliphatic heterocycles. The van der Waals surface area contributed by atoms with Gasteiger partial charge in [-0.05, 0) is 44.7 Å². The molecule has 4 heteroatoms. The summed E-state index contributed by atoms with van der Waals surface area (Å²) in [6.07, 6.45) is 11.7. The normalized spacial score (nSPS) is 23.2. The van der Waals surface area contributed by atoms with Crippen molar-refractivity contribution < 1.29 is 14.6 Å². The summed E-state index contributed by atoms with van der Waals surface area (Å²) in [5.74, 6) is -0.149. The first-order valence-corrected chi connectivity index (χ1v) is 10.7. The number of likely N-dealkylation sites (N-methyl/N-ethyl adjacent to an activating group) is 1. The predicted octanol–water partition coefficient (Wildman–Crippen LogP) is 4.15. The van der Waals surface area contributed by atoms with Crippen LogP contribution in [0, 0.1) is 11.8 Å². The maximum atomic E-state index is 13.0. The molecule has 2 fully saturated rings. The van der Waals surface area contributed by atoms with Crippen molar-refractivity contribution in [2.75, 3.05) is 26.2 Å². The first-order chi connectivity index (χ1) is 12.1. The molecule has 2 aliphatic carbocycles. The van der Waals surface area contributed by atoms with Crippen molar-refractivity contribution in [3.05, 3.63) is 0 Å². The lowest BCUT2D eigenvalue weighted by Gasteiger charge is -2.40. The minimum atomic E-state index is -0.842. The summed E-state index contributed by atoms with van der Waals surface area (Å²) in [5, 5.41) is 11.4. The van der Waals surface area contributed by atoms with Crippen LogP contribution in [0.5, 0.6) is 0 Å².